The number of rotatable bonds is 2. The first-order valence-corrected chi connectivity index (χ1v) is 6.64. The van der Waals surface area contributed by atoms with Crippen LogP contribution in [0.5, 0.6) is 0 Å². The van der Waals surface area contributed by atoms with Gasteiger partial charge in [0, 0.05) is 6.04 Å². The molecule has 0 heterocycles. The zero-order valence-corrected chi connectivity index (χ0v) is 12.3. The van der Waals surface area contributed by atoms with Gasteiger partial charge in [0.25, 0.3) is 0 Å². The second-order valence-corrected chi connectivity index (χ2v) is 5.41. The minimum absolute atomic E-state index is 0. The molecule has 22 heavy (non-hydrogen) atoms. The van der Waals surface area contributed by atoms with Crippen LogP contribution in [0.2, 0.25) is 0 Å². The molecule has 8 heteroatoms. The molecule has 0 spiro atoms. The average Bonchev–Trinajstić information content (AvgIpc) is 2.89. The lowest BCUT2D eigenvalue weighted by Crippen LogP contribution is -2.21. The van der Waals surface area contributed by atoms with Gasteiger partial charge < -0.3 is 5.73 Å². The van der Waals surface area contributed by atoms with E-state index in [1.165, 1.54) is 0 Å². The molecule has 0 bridgehead atoms. The molecule has 1 aliphatic rings. The molecule has 1 nitrogen and oxygen atoms in total. The van der Waals surface area contributed by atoms with Crippen molar-refractivity contribution in [1.29, 1.82) is 0 Å². The Morgan fingerprint density at radius 1 is 0.864 bits per heavy atom. The summed E-state index contributed by atoms with van der Waals surface area (Å²) in [7, 11) is 0. The van der Waals surface area contributed by atoms with Crippen molar-refractivity contribution in [3.63, 3.8) is 0 Å². The molecule has 1 aromatic carbocycles. The smallest absolute Gasteiger partial charge is 0.324 e. The second-order valence-electron chi connectivity index (χ2n) is 5.41. The van der Waals surface area contributed by atoms with Crippen molar-refractivity contribution < 1.29 is 26.3 Å². The lowest BCUT2D eigenvalue weighted by molar-refractivity contribution is -0.143. The molecular weight excluding hydrogens is 332 g/mol. The van der Waals surface area contributed by atoms with Crippen LogP contribution in [0.25, 0.3) is 0 Å². The Hall–Kier alpha value is -0.950. The molecule has 0 unspecified atom stereocenters. The maximum absolute atomic E-state index is 12.8. The van der Waals surface area contributed by atoms with Crippen LogP contribution in [0.3, 0.4) is 0 Å². The van der Waals surface area contributed by atoms with Crippen molar-refractivity contribution in [3.05, 3.63) is 34.9 Å². The Bertz CT molecular complexity index is 473. The normalized spacial score (nSPS) is 18.1. The van der Waals surface area contributed by atoms with Crippen LogP contribution >= 0.6 is 12.4 Å². The summed E-state index contributed by atoms with van der Waals surface area (Å²) in [5, 5.41) is 0. The van der Waals surface area contributed by atoms with E-state index in [0.29, 0.717) is 0 Å². The van der Waals surface area contributed by atoms with Crippen LogP contribution < -0.4 is 5.73 Å². The van der Waals surface area contributed by atoms with Crippen molar-refractivity contribution in [3.8, 4) is 0 Å². The minimum Gasteiger partial charge on any atom is -0.324 e. The minimum atomic E-state index is -4.83. The summed E-state index contributed by atoms with van der Waals surface area (Å²) in [6.07, 6.45) is -6.37. The third kappa shape index (κ3) is 4.29. The topological polar surface area (TPSA) is 26.0 Å². The van der Waals surface area contributed by atoms with Crippen molar-refractivity contribution in [2.24, 2.45) is 11.7 Å². The van der Waals surface area contributed by atoms with Gasteiger partial charge in [-0.15, -0.1) is 12.4 Å². The second kappa shape index (κ2) is 6.66. The Labute approximate surface area is 130 Å². The highest BCUT2D eigenvalue weighted by Crippen LogP contribution is 2.40. The van der Waals surface area contributed by atoms with E-state index < -0.39 is 29.5 Å². The third-order valence-electron chi connectivity index (χ3n) is 3.90. The monoisotopic (exact) mass is 347 g/mol. The maximum atomic E-state index is 12.8. The number of hydrogen-bond acceptors (Lipinski definition) is 1. The summed E-state index contributed by atoms with van der Waals surface area (Å²) in [5.74, 6) is -0.0606. The molecule has 1 saturated carbocycles. The highest BCUT2D eigenvalue weighted by atomic mass is 35.5. The zero-order valence-electron chi connectivity index (χ0n) is 11.5. The Balaban J connectivity index is 0.00000242. The lowest BCUT2D eigenvalue weighted by atomic mass is 9.90. The first-order valence-electron chi connectivity index (χ1n) is 6.64. The zero-order chi connectivity index (χ0) is 15.8. The Morgan fingerprint density at radius 2 is 1.27 bits per heavy atom. The summed E-state index contributed by atoms with van der Waals surface area (Å²) in [6.45, 7) is 0. The molecule has 1 aromatic rings. The van der Waals surface area contributed by atoms with Crippen molar-refractivity contribution >= 4 is 12.4 Å². The van der Waals surface area contributed by atoms with Gasteiger partial charge in [0.05, 0.1) is 11.1 Å². The SMILES string of the molecule is Cl.N[C@@H](c1cc(C(F)(F)F)cc(C(F)(F)F)c1)C1CCCC1. The van der Waals surface area contributed by atoms with Gasteiger partial charge in [0.15, 0.2) is 0 Å². The van der Waals surface area contributed by atoms with E-state index in [4.69, 9.17) is 5.73 Å². The summed E-state index contributed by atoms with van der Waals surface area (Å²) < 4.78 is 76.6. The van der Waals surface area contributed by atoms with Crippen molar-refractivity contribution in [2.45, 2.75) is 44.1 Å². The van der Waals surface area contributed by atoms with Gasteiger partial charge in [0.2, 0.25) is 0 Å². The van der Waals surface area contributed by atoms with E-state index in [1.54, 1.807) is 0 Å². The molecule has 126 valence electrons. The molecule has 2 N–H and O–H groups in total. The molecule has 1 fully saturated rings. The fourth-order valence-electron chi connectivity index (χ4n) is 2.76. The van der Waals surface area contributed by atoms with E-state index >= 15 is 0 Å². The summed E-state index contributed by atoms with van der Waals surface area (Å²) in [5.41, 5.74) is 3.19. The first kappa shape index (κ1) is 19.1. The standard InChI is InChI=1S/C14H15F6N.ClH/c15-13(16,17)10-5-9(6-11(7-10)14(18,19)20)12(21)8-3-1-2-4-8;/h5-8,12H,1-4,21H2;1H/t12-;/m1./s1. The molecule has 0 radical (unpaired) electrons. The van der Waals surface area contributed by atoms with Gasteiger partial charge in [-0.3, -0.25) is 0 Å². The van der Waals surface area contributed by atoms with E-state index in [2.05, 4.69) is 0 Å². The van der Waals surface area contributed by atoms with Crippen molar-refractivity contribution in [2.75, 3.05) is 0 Å². The molecule has 2 rings (SSSR count). The Kier molecular flexibility index (Phi) is 5.78. The van der Waals surface area contributed by atoms with Crippen molar-refractivity contribution in [1.82, 2.24) is 0 Å². The number of nitrogens with two attached hydrogens (primary N) is 1. The number of halogens is 7. The fraction of sp³-hybridized carbons (Fsp3) is 0.571. The lowest BCUT2D eigenvalue weighted by Gasteiger charge is -2.22. The summed E-state index contributed by atoms with van der Waals surface area (Å²) >= 11 is 0. The van der Waals surface area contributed by atoms with Crippen LogP contribution in [-0.2, 0) is 12.4 Å². The van der Waals surface area contributed by atoms with Gasteiger partial charge in [-0.25, -0.2) is 0 Å². The fourth-order valence-corrected chi connectivity index (χ4v) is 2.76. The van der Waals surface area contributed by atoms with Crippen LogP contribution in [-0.4, -0.2) is 0 Å². The predicted octanol–water partition coefficient (Wildman–Crippen LogP) is 5.34. The quantitative estimate of drug-likeness (QED) is 0.718. The van der Waals surface area contributed by atoms with E-state index in [0.717, 1.165) is 37.8 Å². The largest absolute Gasteiger partial charge is 0.416 e. The van der Waals surface area contributed by atoms with Crippen LogP contribution in [0.15, 0.2) is 18.2 Å². The predicted molar refractivity (Wildman–Crippen MR) is 72.6 cm³/mol. The molecule has 0 aromatic heterocycles. The molecule has 0 saturated heterocycles. The number of alkyl halides is 6. The van der Waals surface area contributed by atoms with Gasteiger partial charge in [0.1, 0.15) is 0 Å². The molecular formula is C14H16ClF6N. The molecule has 0 amide bonds. The van der Waals surface area contributed by atoms with Gasteiger partial charge in [-0.05, 0) is 42.5 Å². The van der Waals surface area contributed by atoms with Crippen LogP contribution in [0.1, 0.15) is 48.4 Å². The van der Waals surface area contributed by atoms with E-state index in [1.807, 2.05) is 0 Å². The summed E-state index contributed by atoms with van der Waals surface area (Å²) in [6, 6.07) is 0.803. The highest BCUT2D eigenvalue weighted by Gasteiger charge is 2.38. The molecule has 1 atom stereocenters. The third-order valence-corrected chi connectivity index (χ3v) is 3.90. The number of hydrogen-bond donors (Lipinski definition) is 1. The highest BCUT2D eigenvalue weighted by molar-refractivity contribution is 5.85. The molecule has 1 aliphatic carbocycles. The van der Waals surface area contributed by atoms with Gasteiger partial charge in [-0.2, -0.15) is 26.3 Å². The van der Waals surface area contributed by atoms with Gasteiger partial charge in [-0.1, -0.05) is 12.8 Å². The van der Waals surface area contributed by atoms with Crippen LogP contribution in [0.4, 0.5) is 26.3 Å². The van der Waals surface area contributed by atoms with Crippen LogP contribution in [0, 0.1) is 5.92 Å². The molecule has 0 aliphatic heterocycles. The number of benzene rings is 1. The Morgan fingerprint density at radius 3 is 1.64 bits per heavy atom. The maximum Gasteiger partial charge on any atom is 0.416 e. The van der Waals surface area contributed by atoms with E-state index in [-0.39, 0.29) is 30.0 Å². The average molecular weight is 348 g/mol. The summed E-state index contributed by atoms with van der Waals surface area (Å²) in [4.78, 5) is 0. The van der Waals surface area contributed by atoms with Gasteiger partial charge >= 0.3 is 12.4 Å². The van der Waals surface area contributed by atoms with E-state index in [9.17, 15) is 26.3 Å². The first-order chi connectivity index (χ1) is 9.59.